The molecule has 0 aromatic heterocycles. The van der Waals surface area contributed by atoms with Gasteiger partial charge in [0.2, 0.25) is 0 Å². The second kappa shape index (κ2) is 7.07. The van der Waals surface area contributed by atoms with Crippen LogP contribution in [0.3, 0.4) is 0 Å². The largest absolute Gasteiger partial charge is 0.508 e. The van der Waals surface area contributed by atoms with Gasteiger partial charge in [-0.2, -0.15) is 5.10 Å². The fourth-order valence-electron chi connectivity index (χ4n) is 1.52. The number of carbonyl (C=O) groups excluding carboxylic acids is 1. The van der Waals surface area contributed by atoms with E-state index in [-0.39, 0.29) is 11.5 Å². The SMILES string of the molecule is O=C(N/N=C/c1cc(I)cc(I)c1O)c1ccc(O)cc1. The molecule has 21 heavy (non-hydrogen) atoms. The highest BCUT2D eigenvalue weighted by Crippen LogP contribution is 2.25. The summed E-state index contributed by atoms with van der Waals surface area (Å²) in [6.07, 6.45) is 1.39. The van der Waals surface area contributed by atoms with Crippen LogP contribution in [0.2, 0.25) is 0 Å². The number of nitrogens with zero attached hydrogens (tertiary/aromatic N) is 1. The first-order chi connectivity index (χ1) is 9.97. The van der Waals surface area contributed by atoms with Gasteiger partial charge in [0.25, 0.3) is 5.91 Å². The van der Waals surface area contributed by atoms with Crippen LogP contribution < -0.4 is 5.43 Å². The summed E-state index contributed by atoms with van der Waals surface area (Å²) >= 11 is 4.16. The minimum absolute atomic E-state index is 0.0911. The third kappa shape index (κ3) is 4.30. The van der Waals surface area contributed by atoms with Crippen LogP contribution in [0.1, 0.15) is 15.9 Å². The van der Waals surface area contributed by atoms with Crippen molar-refractivity contribution in [3.63, 3.8) is 0 Å². The number of carbonyl (C=O) groups is 1. The number of phenols is 2. The first-order valence-corrected chi connectivity index (χ1v) is 7.93. The van der Waals surface area contributed by atoms with Crippen LogP contribution in [0.4, 0.5) is 0 Å². The fourth-order valence-corrected chi connectivity index (χ4v) is 3.41. The molecule has 0 radical (unpaired) electrons. The van der Waals surface area contributed by atoms with Crippen LogP contribution >= 0.6 is 45.2 Å². The van der Waals surface area contributed by atoms with E-state index in [0.717, 1.165) is 3.57 Å². The normalized spacial score (nSPS) is 10.8. The molecule has 0 unspecified atom stereocenters. The van der Waals surface area contributed by atoms with E-state index in [1.165, 1.54) is 30.5 Å². The maximum Gasteiger partial charge on any atom is 0.271 e. The Balaban J connectivity index is 2.09. The van der Waals surface area contributed by atoms with E-state index in [1.54, 1.807) is 6.07 Å². The highest BCUT2D eigenvalue weighted by Gasteiger charge is 2.06. The van der Waals surface area contributed by atoms with E-state index < -0.39 is 5.91 Å². The molecular formula is C14H10I2N2O3. The van der Waals surface area contributed by atoms with E-state index in [2.05, 4.69) is 33.1 Å². The Labute approximate surface area is 148 Å². The van der Waals surface area contributed by atoms with Gasteiger partial charge in [0, 0.05) is 14.7 Å². The zero-order chi connectivity index (χ0) is 15.4. The van der Waals surface area contributed by atoms with Crippen molar-refractivity contribution in [1.29, 1.82) is 0 Å². The number of hydrogen-bond acceptors (Lipinski definition) is 4. The van der Waals surface area contributed by atoms with Gasteiger partial charge in [0.05, 0.1) is 9.78 Å². The molecular weight excluding hydrogens is 498 g/mol. The van der Waals surface area contributed by atoms with Crippen LogP contribution in [0.5, 0.6) is 11.5 Å². The minimum Gasteiger partial charge on any atom is -0.508 e. The molecule has 5 nitrogen and oxygen atoms in total. The summed E-state index contributed by atoms with van der Waals surface area (Å²) in [4.78, 5) is 11.8. The average molecular weight is 508 g/mol. The Morgan fingerprint density at radius 2 is 1.81 bits per heavy atom. The molecule has 7 heteroatoms. The number of benzene rings is 2. The van der Waals surface area contributed by atoms with Gasteiger partial charge in [-0.3, -0.25) is 4.79 Å². The summed E-state index contributed by atoms with van der Waals surface area (Å²) in [7, 11) is 0. The van der Waals surface area contributed by atoms with Gasteiger partial charge < -0.3 is 10.2 Å². The molecule has 2 aromatic carbocycles. The first-order valence-electron chi connectivity index (χ1n) is 5.78. The number of aromatic hydroxyl groups is 2. The Bertz CT molecular complexity index is 700. The summed E-state index contributed by atoms with van der Waals surface area (Å²) in [6, 6.07) is 9.42. The summed E-state index contributed by atoms with van der Waals surface area (Å²) in [5.74, 6) is -0.182. The zero-order valence-electron chi connectivity index (χ0n) is 10.5. The average Bonchev–Trinajstić information content (AvgIpc) is 2.44. The number of halogens is 2. The minimum atomic E-state index is -0.397. The lowest BCUT2D eigenvalue weighted by atomic mass is 10.2. The lowest BCUT2D eigenvalue weighted by molar-refractivity contribution is 0.0955. The molecule has 2 aromatic rings. The predicted molar refractivity (Wildman–Crippen MR) is 96.7 cm³/mol. The van der Waals surface area contributed by atoms with Gasteiger partial charge >= 0.3 is 0 Å². The van der Waals surface area contributed by atoms with Gasteiger partial charge in [-0.05, 0) is 81.6 Å². The molecule has 0 atom stereocenters. The van der Waals surface area contributed by atoms with E-state index in [4.69, 9.17) is 5.11 Å². The number of hydrogen-bond donors (Lipinski definition) is 3. The second-order valence-electron chi connectivity index (χ2n) is 4.07. The molecule has 0 aliphatic carbocycles. The number of nitrogens with one attached hydrogen (secondary N) is 1. The molecule has 1 amide bonds. The van der Waals surface area contributed by atoms with Gasteiger partial charge in [-0.1, -0.05) is 0 Å². The Morgan fingerprint density at radius 1 is 1.14 bits per heavy atom. The zero-order valence-corrected chi connectivity index (χ0v) is 14.9. The third-order valence-corrected chi connectivity index (χ3v) is 4.00. The Hall–Kier alpha value is -1.36. The van der Waals surface area contributed by atoms with E-state index in [0.29, 0.717) is 14.7 Å². The third-order valence-electron chi connectivity index (χ3n) is 2.56. The summed E-state index contributed by atoms with van der Waals surface area (Å²) in [5, 5.41) is 22.9. The number of hydrazone groups is 1. The van der Waals surface area contributed by atoms with Crippen LogP contribution in [-0.2, 0) is 0 Å². The van der Waals surface area contributed by atoms with E-state index in [9.17, 15) is 9.90 Å². The van der Waals surface area contributed by atoms with Crippen molar-refractivity contribution in [1.82, 2.24) is 5.43 Å². The van der Waals surface area contributed by atoms with Gasteiger partial charge in [-0.15, -0.1) is 0 Å². The topological polar surface area (TPSA) is 81.9 Å². The standard InChI is InChI=1S/C14H10I2N2O3/c15-10-5-9(13(20)12(16)6-10)7-17-18-14(21)8-1-3-11(19)4-2-8/h1-7,19-20H,(H,18,21)/b17-7+. The molecule has 0 heterocycles. The van der Waals surface area contributed by atoms with Crippen molar-refractivity contribution < 1.29 is 15.0 Å². The van der Waals surface area contributed by atoms with Crippen molar-refractivity contribution in [3.05, 3.63) is 54.7 Å². The fraction of sp³-hybridized carbons (Fsp3) is 0. The molecule has 0 spiro atoms. The van der Waals surface area contributed by atoms with E-state index >= 15 is 0 Å². The van der Waals surface area contributed by atoms with Crippen molar-refractivity contribution in [2.75, 3.05) is 0 Å². The number of phenolic OH excluding ortho intramolecular Hbond substituents is 2. The number of rotatable bonds is 3. The van der Waals surface area contributed by atoms with Crippen LogP contribution in [0.15, 0.2) is 41.5 Å². The Morgan fingerprint density at radius 3 is 2.48 bits per heavy atom. The van der Waals surface area contributed by atoms with E-state index in [1.807, 2.05) is 28.7 Å². The van der Waals surface area contributed by atoms with Crippen LogP contribution in [-0.4, -0.2) is 22.3 Å². The molecule has 0 bridgehead atoms. The molecule has 0 aliphatic rings. The highest BCUT2D eigenvalue weighted by atomic mass is 127. The molecule has 108 valence electrons. The summed E-state index contributed by atoms with van der Waals surface area (Å²) < 4.78 is 1.67. The lowest BCUT2D eigenvalue weighted by Gasteiger charge is -2.03. The van der Waals surface area contributed by atoms with Crippen molar-refractivity contribution in [3.8, 4) is 11.5 Å². The molecule has 0 saturated carbocycles. The molecule has 0 fully saturated rings. The molecule has 0 aliphatic heterocycles. The van der Waals surface area contributed by atoms with Crippen molar-refractivity contribution in [2.45, 2.75) is 0 Å². The van der Waals surface area contributed by atoms with Crippen LogP contribution in [0, 0.1) is 7.14 Å². The quantitative estimate of drug-likeness (QED) is 0.339. The predicted octanol–water partition coefficient (Wildman–Crippen LogP) is 3.07. The van der Waals surface area contributed by atoms with Gasteiger partial charge in [-0.25, -0.2) is 5.43 Å². The van der Waals surface area contributed by atoms with Gasteiger partial charge in [0.1, 0.15) is 11.5 Å². The lowest BCUT2D eigenvalue weighted by Crippen LogP contribution is -2.17. The molecule has 2 rings (SSSR count). The molecule has 3 N–H and O–H groups in total. The molecule has 0 saturated heterocycles. The smallest absolute Gasteiger partial charge is 0.271 e. The Kier molecular flexibility index (Phi) is 5.39. The highest BCUT2D eigenvalue weighted by molar-refractivity contribution is 14.1. The maximum atomic E-state index is 11.8. The number of amides is 1. The second-order valence-corrected chi connectivity index (χ2v) is 6.48. The summed E-state index contributed by atoms with van der Waals surface area (Å²) in [5.41, 5.74) is 3.27. The van der Waals surface area contributed by atoms with Crippen molar-refractivity contribution >= 4 is 57.3 Å². The summed E-state index contributed by atoms with van der Waals surface area (Å²) in [6.45, 7) is 0. The first kappa shape index (κ1) is 16.0. The monoisotopic (exact) mass is 508 g/mol. The van der Waals surface area contributed by atoms with Crippen molar-refractivity contribution in [2.24, 2.45) is 5.10 Å². The van der Waals surface area contributed by atoms with Crippen LogP contribution in [0.25, 0.3) is 0 Å². The maximum absolute atomic E-state index is 11.8. The van der Waals surface area contributed by atoms with Gasteiger partial charge in [0.15, 0.2) is 0 Å².